The number of imidazole rings is 1. The second-order valence-corrected chi connectivity index (χ2v) is 4.85. The first kappa shape index (κ1) is 11.3. The Morgan fingerprint density at radius 3 is 2.83 bits per heavy atom. The Morgan fingerprint density at radius 1 is 1.28 bits per heavy atom. The zero-order chi connectivity index (χ0) is 12.7. The number of nitrogens with one attached hydrogen (secondary N) is 1. The van der Waals surface area contributed by atoms with Crippen LogP contribution < -0.4 is 0 Å². The summed E-state index contributed by atoms with van der Waals surface area (Å²) < 4.78 is 8.32. The number of furan rings is 1. The van der Waals surface area contributed by atoms with Crippen LogP contribution in [0.3, 0.4) is 0 Å². The Morgan fingerprint density at radius 2 is 2.11 bits per heavy atom. The topological polar surface area (TPSA) is 33.9 Å². The van der Waals surface area contributed by atoms with Gasteiger partial charge < -0.3 is 14.0 Å². The van der Waals surface area contributed by atoms with Crippen LogP contribution in [0.1, 0.15) is 24.3 Å². The third kappa shape index (κ3) is 1.61. The van der Waals surface area contributed by atoms with Gasteiger partial charge in [-0.2, -0.15) is 0 Å². The predicted octanol–water partition coefficient (Wildman–Crippen LogP) is 4.21. The maximum Gasteiger partial charge on any atom is 0.178 e. The van der Waals surface area contributed by atoms with Crippen molar-refractivity contribution in [1.29, 1.82) is 0 Å². The van der Waals surface area contributed by atoms with E-state index in [-0.39, 0.29) is 6.04 Å². The molecular formula is C14H14N2OS. The summed E-state index contributed by atoms with van der Waals surface area (Å²) in [5.74, 6) is 0.912. The highest BCUT2D eigenvalue weighted by Gasteiger charge is 2.16. The van der Waals surface area contributed by atoms with Crippen LogP contribution in [0.25, 0.3) is 11.0 Å². The molecule has 0 aliphatic rings. The Kier molecular flexibility index (Phi) is 2.59. The van der Waals surface area contributed by atoms with Crippen molar-refractivity contribution in [2.45, 2.75) is 19.9 Å². The monoisotopic (exact) mass is 258 g/mol. The average Bonchev–Trinajstić information content (AvgIpc) is 2.95. The van der Waals surface area contributed by atoms with E-state index in [1.165, 1.54) is 5.56 Å². The number of H-pyrrole nitrogens is 1. The maximum atomic E-state index is 5.48. The number of para-hydroxylation sites is 1. The van der Waals surface area contributed by atoms with Crippen molar-refractivity contribution in [2.75, 3.05) is 0 Å². The minimum absolute atomic E-state index is 0.0855. The van der Waals surface area contributed by atoms with Gasteiger partial charge in [0.2, 0.25) is 0 Å². The van der Waals surface area contributed by atoms with Gasteiger partial charge in [-0.1, -0.05) is 12.1 Å². The number of benzene rings is 1. The van der Waals surface area contributed by atoms with E-state index < -0.39 is 0 Å². The maximum absolute atomic E-state index is 5.48. The number of aromatic nitrogens is 2. The highest BCUT2D eigenvalue weighted by atomic mass is 32.1. The van der Waals surface area contributed by atoms with Crippen molar-refractivity contribution in [3.05, 3.63) is 52.7 Å². The number of hydrogen-bond acceptors (Lipinski definition) is 2. The molecule has 0 amide bonds. The summed E-state index contributed by atoms with van der Waals surface area (Å²) in [7, 11) is 0. The molecular weight excluding hydrogens is 244 g/mol. The number of fused-ring (bicyclic) bond motifs is 1. The predicted molar refractivity (Wildman–Crippen MR) is 74.4 cm³/mol. The summed E-state index contributed by atoms with van der Waals surface area (Å²) in [6.07, 6.45) is 1.69. The molecule has 0 bridgehead atoms. The highest BCUT2D eigenvalue weighted by molar-refractivity contribution is 7.71. The summed E-state index contributed by atoms with van der Waals surface area (Å²) in [5, 5.41) is 0. The van der Waals surface area contributed by atoms with E-state index in [4.69, 9.17) is 16.6 Å². The second kappa shape index (κ2) is 4.14. The van der Waals surface area contributed by atoms with Crippen LogP contribution in [0.2, 0.25) is 0 Å². The quantitative estimate of drug-likeness (QED) is 0.699. The first-order valence-corrected chi connectivity index (χ1v) is 6.32. The van der Waals surface area contributed by atoms with Crippen LogP contribution in [-0.2, 0) is 0 Å². The summed E-state index contributed by atoms with van der Waals surface area (Å²) in [4.78, 5) is 3.25. The van der Waals surface area contributed by atoms with Gasteiger partial charge >= 0.3 is 0 Å². The molecule has 0 aliphatic carbocycles. The molecule has 0 saturated heterocycles. The Bertz CT molecular complexity index is 737. The van der Waals surface area contributed by atoms with Crippen LogP contribution in [0, 0.1) is 11.7 Å². The van der Waals surface area contributed by atoms with Gasteiger partial charge in [-0.3, -0.25) is 0 Å². The van der Waals surface area contributed by atoms with Gasteiger partial charge in [0.1, 0.15) is 5.76 Å². The van der Waals surface area contributed by atoms with Crippen LogP contribution in [0.15, 0.2) is 41.0 Å². The van der Waals surface area contributed by atoms with E-state index in [9.17, 15) is 0 Å². The zero-order valence-electron chi connectivity index (χ0n) is 10.3. The molecule has 0 fully saturated rings. The lowest BCUT2D eigenvalue weighted by Gasteiger charge is -2.13. The van der Waals surface area contributed by atoms with Crippen molar-refractivity contribution in [1.82, 2.24) is 9.55 Å². The van der Waals surface area contributed by atoms with Gasteiger partial charge in [0.25, 0.3) is 0 Å². The van der Waals surface area contributed by atoms with Crippen LogP contribution in [0.5, 0.6) is 0 Å². The van der Waals surface area contributed by atoms with E-state index in [1.807, 2.05) is 24.3 Å². The van der Waals surface area contributed by atoms with Crippen molar-refractivity contribution >= 4 is 23.3 Å². The van der Waals surface area contributed by atoms with E-state index >= 15 is 0 Å². The number of aromatic amines is 1. The number of rotatable bonds is 2. The standard InChI is InChI=1S/C14H14N2OS/c1-9-5-3-6-11-13(9)16(14(18)15-11)10(2)12-7-4-8-17-12/h3-8,10H,1-2H3,(H,15,18). The van der Waals surface area contributed by atoms with Crippen molar-refractivity contribution in [2.24, 2.45) is 0 Å². The molecule has 0 radical (unpaired) electrons. The van der Waals surface area contributed by atoms with Gasteiger partial charge in [0.05, 0.1) is 23.3 Å². The van der Waals surface area contributed by atoms with Crippen molar-refractivity contribution in [3.8, 4) is 0 Å². The zero-order valence-corrected chi connectivity index (χ0v) is 11.1. The van der Waals surface area contributed by atoms with Crippen LogP contribution >= 0.6 is 12.2 Å². The molecule has 3 nitrogen and oxygen atoms in total. The average molecular weight is 258 g/mol. The van der Waals surface area contributed by atoms with Crippen molar-refractivity contribution in [3.63, 3.8) is 0 Å². The second-order valence-electron chi connectivity index (χ2n) is 4.46. The number of hydrogen-bond donors (Lipinski definition) is 1. The largest absolute Gasteiger partial charge is 0.467 e. The molecule has 92 valence electrons. The van der Waals surface area contributed by atoms with Gasteiger partial charge in [-0.15, -0.1) is 0 Å². The van der Waals surface area contributed by atoms with Gasteiger partial charge in [-0.05, 0) is 49.8 Å². The Labute approximate surface area is 110 Å². The van der Waals surface area contributed by atoms with Gasteiger partial charge in [-0.25, -0.2) is 0 Å². The summed E-state index contributed by atoms with van der Waals surface area (Å²) in [6, 6.07) is 10.1. The number of aryl methyl sites for hydroxylation is 1. The molecule has 3 rings (SSSR count). The van der Waals surface area contributed by atoms with E-state index in [2.05, 4.69) is 29.5 Å². The molecule has 0 spiro atoms. The number of nitrogens with zero attached hydrogens (tertiary/aromatic N) is 1. The minimum atomic E-state index is 0.0855. The van der Waals surface area contributed by atoms with E-state index in [0.29, 0.717) is 0 Å². The lowest BCUT2D eigenvalue weighted by Crippen LogP contribution is -2.06. The first-order chi connectivity index (χ1) is 8.68. The first-order valence-electron chi connectivity index (χ1n) is 5.91. The fraction of sp³-hybridized carbons (Fsp3) is 0.214. The summed E-state index contributed by atoms with van der Waals surface area (Å²) >= 11 is 5.43. The molecule has 1 unspecified atom stereocenters. The molecule has 1 N–H and O–H groups in total. The lowest BCUT2D eigenvalue weighted by molar-refractivity contribution is 0.449. The van der Waals surface area contributed by atoms with E-state index in [0.717, 1.165) is 21.6 Å². The lowest BCUT2D eigenvalue weighted by atomic mass is 10.2. The summed E-state index contributed by atoms with van der Waals surface area (Å²) in [6.45, 7) is 4.19. The minimum Gasteiger partial charge on any atom is -0.467 e. The third-order valence-corrected chi connectivity index (χ3v) is 3.58. The summed E-state index contributed by atoms with van der Waals surface area (Å²) in [5.41, 5.74) is 3.42. The third-order valence-electron chi connectivity index (χ3n) is 3.28. The van der Waals surface area contributed by atoms with Crippen LogP contribution in [0.4, 0.5) is 0 Å². The highest BCUT2D eigenvalue weighted by Crippen LogP contribution is 2.26. The molecule has 4 heteroatoms. The molecule has 1 aromatic carbocycles. The van der Waals surface area contributed by atoms with E-state index in [1.54, 1.807) is 6.26 Å². The molecule has 2 heterocycles. The molecule has 0 saturated carbocycles. The van der Waals surface area contributed by atoms with Crippen LogP contribution in [-0.4, -0.2) is 9.55 Å². The Balaban J connectivity index is 2.29. The molecule has 18 heavy (non-hydrogen) atoms. The fourth-order valence-electron chi connectivity index (χ4n) is 2.38. The molecule has 3 aromatic rings. The SMILES string of the molecule is Cc1cccc2[nH]c(=S)n(C(C)c3ccco3)c12. The van der Waals surface area contributed by atoms with Gasteiger partial charge in [0, 0.05) is 0 Å². The molecule has 2 aromatic heterocycles. The molecule has 0 aliphatic heterocycles. The Hall–Kier alpha value is -1.81. The molecule has 1 atom stereocenters. The normalized spacial score (nSPS) is 13.0. The fourth-order valence-corrected chi connectivity index (χ4v) is 2.74. The smallest absolute Gasteiger partial charge is 0.178 e. The van der Waals surface area contributed by atoms with Crippen molar-refractivity contribution < 1.29 is 4.42 Å². The van der Waals surface area contributed by atoms with Gasteiger partial charge in [0.15, 0.2) is 4.77 Å².